The Hall–Kier alpha value is -2.26. The number of nitrogens with zero attached hydrogens (tertiary/aromatic N) is 2. The normalized spacial score (nSPS) is 17.4. The highest BCUT2D eigenvalue weighted by Crippen LogP contribution is 2.18. The summed E-state index contributed by atoms with van der Waals surface area (Å²) in [6, 6.07) is 6.74. The van der Waals surface area contributed by atoms with E-state index in [-0.39, 0.29) is 22.4 Å². The zero-order chi connectivity index (χ0) is 17.9. The third-order valence-electron chi connectivity index (χ3n) is 3.88. The van der Waals surface area contributed by atoms with Crippen molar-refractivity contribution in [1.82, 2.24) is 10.2 Å². The van der Waals surface area contributed by atoms with Crippen molar-refractivity contribution in [2.24, 2.45) is 0 Å². The number of sulfonamides is 1. The van der Waals surface area contributed by atoms with Crippen molar-refractivity contribution in [3.63, 3.8) is 0 Å². The molecule has 1 aromatic carbocycles. The fraction of sp³-hybridized carbons (Fsp3) is 0.375. The Morgan fingerprint density at radius 1 is 1.24 bits per heavy atom. The second kappa shape index (κ2) is 7.32. The summed E-state index contributed by atoms with van der Waals surface area (Å²) in [6.45, 7) is 2.92. The molecule has 2 heterocycles. The maximum absolute atomic E-state index is 13.3. The van der Waals surface area contributed by atoms with Crippen molar-refractivity contribution < 1.29 is 17.5 Å². The summed E-state index contributed by atoms with van der Waals surface area (Å²) in [4.78, 5) is -0.0335. The van der Waals surface area contributed by atoms with Gasteiger partial charge in [-0.25, -0.2) is 12.8 Å². The summed E-state index contributed by atoms with van der Waals surface area (Å²) in [7, 11) is -3.85. The molecule has 1 aliphatic heterocycles. The third-order valence-corrected chi connectivity index (χ3v) is 5.23. The first kappa shape index (κ1) is 17.6. The van der Waals surface area contributed by atoms with Crippen LogP contribution in [0.2, 0.25) is 0 Å². The number of nitrogens with one attached hydrogen (secondary N) is 2. The molecule has 1 fully saturated rings. The summed E-state index contributed by atoms with van der Waals surface area (Å²) in [5, 5.41) is 10.9. The van der Waals surface area contributed by atoms with Crippen molar-refractivity contribution >= 4 is 21.7 Å². The van der Waals surface area contributed by atoms with Crippen LogP contribution < -0.4 is 10.0 Å². The van der Waals surface area contributed by atoms with Gasteiger partial charge in [-0.05, 0) is 55.7 Å². The largest absolute Gasteiger partial charge is 0.376 e. The van der Waals surface area contributed by atoms with Gasteiger partial charge in [0.25, 0.3) is 10.0 Å². The molecule has 1 aromatic heterocycles. The van der Waals surface area contributed by atoms with Gasteiger partial charge in [0.1, 0.15) is 11.6 Å². The van der Waals surface area contributed by atoms with Crippen LogP contribution in [-0.2, 0) is 14.8 Å². The van der Waals surface area contributed by atoms with E-state index in [9.17, 15) is 12.8 Å². The summed E-state index contributed by atoms with van der Waals surface area (Å²) in [6.07, 6.45) is 2.23. The van der Waals surface area contributed by atoms with Gasteiger partial charge in [0.2, 0.25) is 0 Å². The van der Waals surface area contributed by atoms with Crippen LogP contribution in [0, 0.1) is 12.7 Å². The van der Waals surface area contributed by atoms with Crippen LogP contribution in [0.5, 0.6) is 0 Å². The molecular weight excluding hydrogens is 347 g/mol. The Kier molecular flexibility index (Phi) is 5.14. The van der Waals surface area contributed by atoms with E-state index >= 15 is 0 Å². The summed E-state index contributed by atoms with van der Waals surface area (Å²) in [5.41, 5.74) is 0.252. The quantitative estimate of drug-likeness (QED) is 0.815. The molecule has 1 aliphatic rings. The second-order valence-corrected chi connectivity index (χ2v) is 7.52. The smallest absolute Gasteiger partial charge is 0.263 e. The zero-order valence-electron chi connectivity index (χ0n) is 13.7. The van der Waals surface area contributed by atoms with E-state index in [0.29, 0.717) is 12.4 Å². The maximum Gasteiger partial charge on any atom is 0.263 e. The molecule has 0 spiro atoms. The van der Waals surface area contributed by atoms with Crippen molar-refractivity contribution in [3.8, 4) is 0 Å². The number of benzene rings is 1. The van der Waals surface area contributed by atoms with Crippen molar-refractivity contribution in [2.45, 2.75) is 30.8 Å². The molecule has 1 atom stereocenters. The van der Waals surface area contributed by atoms with E-state index < -0.39 is 15.8 Å². The van der Waals surface area contributed by atoms with Crippen molar-refractivity contribution in [1.29, 1.82) is 0 Å². The molecule has 2 aromatic rings. The van der Waals surface area contributed by atoms with E-state index in [1.54, 1.807) is 6.07 Å². The molecule has 7 nitrogen and oxygen atoms in total. The first-order valence-electron chi connectivity index (χ1n) is 7.92. The fourth-order valence-electron chi connectivity index (χ4n) is 2.49. The summed E-state index contributed by atoms with van der Waals surface area (Å²) in [5.74, 6) is 0.168. The lowest BCUT2D eigenvalue weighted by atomic mass is 10.2. The van der Waals surface area contributed by atoms with Gasteiger partial charge < -0.3 is 10.1 Å². The van der Waals surface area contributed by atoms with Gasteiger partial charge in [0.15, 0.2) is 5.82 Å². The van der Waals surface area contributed by atoms with Gasteiger partial charge in [0, 0.05) is 13.2 Å². The van der Waals surface area contributed by atoms with E-state index in [1.807, 2.05) is 0 Å². The van der Waals surface area contributed by atoms with Gasteiger partial charge in [-0.15, -0.1) is 10.2 Å². The molecule has 0 amide bonds. The SMILES string of the molecule is Cc1cc(S(=O)(=O)Nc2ccc(NCC3CCCO3)nn2)ccc1F. The number of ether oxygens (including phenoxy) is 1. The van der Waals surface area contributed by atoms with Crippen LogP contribution >= 0.6 is 0 Å². The Morgan fingerprint density at radius 2 is 2.00 bits per heavy atom. The van der Waals surface area contributed by atoms with Gasteiger partial charge in [-0.3, -0.25) is 4.72 Å². The minimum atomic E-state index is -3.85. The molecule has 1 unspecified atom stereocenters. The molecule has 2 N–H and O–H groups in total. The average Bonchev–Trinajstić information content (AvgIpc) is 3.10. The van der Waals surface area contributed by atoms with Gasteiger partial charge in [-0.2, -0.15) is 0 Å². The predicted molar refractivity (Wildman–Crippen MR) is 91.4 cm³/mol. The fourth-order valence-corrected chi connectivity index (χ4v) is 3.57. The maximum atomic E-state index is 13.3. The molecule has 9 heteroatoms. The minimum absolute atomic E-state index is 0.0335. The highest BCUT2D eigenvalue weighted by Gasteiger charge is 2.17. The Balaban J connectivity index is 1.64. The van der Waals surface area contributed by atoms with Crippen LogP contribution in [0.4, 0.5) is 16.0 Å². The van der Waals surface area contributed by atoms with E-state index in [0.717, 1.165) is 25.5 Å². The Bertz CT molecular complexity index is 837. The lowest BCUT2D eigenvalue weighted by Gasteiger charge is -2.11. The summed E-state index contributed by atoms with van der Waals surface area (Å²) >= 11 is 0. The van der Waals surface area contributed by atoms with Gasteiger partial charge in [0.05, 0.1) is 11.0 Å². The number of rotatable bonds is 6. The van der Waals surface area contributed by atoms with Crippen LogP contribution in [0.1, 0.15) is 18.4 Å². The van der Waals surface area contributed by atoms with Gasteiger partial charge in [-0.1, -0.05) is 0 Å². The number of halogens is 1. The monoisotopic (exact) mass is 366 g/mol. The first-order chi connectivity index (χ1) is 11.9. The second-order valence-electron chi connectivity index (χ2n) is 5.84. The topological polar surface area (TPSA) is 93.2 Å². The standard InChI is InChI=1S/C16H19FN4O3S/c1-11-9-13(4-5-14(11)17)25(22,23)21-16-7-6-15(19-20-16)18-10-12-3-2-8-24-12/h4-7,9,12H,2-3,8,10H2,1H3,(H,18,19)(H,20,21). The molecular formula is C16H19FN4O3S. The van der Waals surface area contributed by atoms with E-state index in [1.165, 1.54) is 25.1 Å². The van der Waals surface area contributed by atoms with Crippen LogP contribution in [0.3, 0.4) is 0 Å². The summed E-state index contributed by atoms with van der Waals surface area (Å²) < 4.78 is 45.8. The lowest BCUT2D eigenvalue weighted by molar-refractivity contribution is 0.120. The number of hydrogen-bond donors (Lipinski definition) is 2. The highest BCUT2D eigenvalue weighted by atomic mass is 32.2. The first-order valence-corrected chi connectivity index (χ1v) is 9.40. The lowest BCUT2D eigenvalue weighted by Crippen LogP contribution is -2.19. The van der Waals surface area contributed by atoms with E-state index in [2.05, 4.69) is 20.2 Å². The number of hydrogen-bond acceptors (Lipinski definition) is 6. The Labute approximate surface area is 145 Å². The zero-order valence-corrected chi connectivity index (χ0v) is 14.5. The van der Waals surface area contributed by atoms with Crippen molar-refractivity contribution in [3.05, 3.63) is 41.7 Å². The average molecular weight is 366 g/mol. The predicted octanol–water partition coefficient (Wildman–Crippen LogP) is 2.32. The van der Waals surface area contributed by atoms with Crippen LogP contribution in [0.15, 0.2) is 35.2 Å². The molecule has 0 aliphatic carbocycles. The number of aromatic nitrogens is 2. The van der Waals surface area contributed by atoms with Gasteiger partial charge >= 0.3 is 0 Å². The molecule has 3 rings (SSSR count). The van der Waals surface area contributed by atoms with Crippen molar-refractivity contribution in [2.75, 3.05) is 23.2 Å². The van der Waals surface area contributed by atoms with E-state index in [4.69, 9.17) is 4.74 Å². The number of aryl methyl sites for hydroxylation is 1. The highest BCUT2D eigenvalue weighted by molar-refractivity contribution is 7.92. The third kappa shape index (κ3) is 4.43. The Morgan fingerprint density at radius 3 is 2.64 bits per heavy atom. The molecule has 25 heavy (non-hydrogen) atoms. The molecule has 134 valence electrons. The molecule has 0 radical (unpaired) electrons. The molecule has 0 saturated carbocycles. The number of anilines is 2. The van der Waals surface area contributed by atoms with Crippen LogP contribution in [-0.4, -0.2) is 37.9 Å². The molecule has 1 saturated heterocycles. The van der Waals surface area contributed by atoms with Crippen LogP contribution in [0.25, 0.3) is 0 Å². The molecule has 0 bridgehead atoms. The minimum Gasteiger partial charge on any atom is -0.376 e.